The van der Waals surface area contributed by atoms with Crippen LogP contribution in [0.2, 0.25) is 0 Å². The van der Waals surface area contributed by atoms with E-state index < -0.39 is 0 Å². The predicted octanol–water partition coefficient (Wildman–Crippen LogP) is 4.99. The Morgan fingerprint density at radius 1 is 1.18 bits per heavy atom. The first kappa shape index (κ1) is 14.7. The Hall–Kier alpha value is -0.330. The van der Waals surface area contributed by atoms with Crippen LogP contribution in [0.3, 0.4) is 0 Å². The van der Waals surface area contributed by atoms with E-state index in [-0.39, 0.29) is 10.8 Å². The molecule has 1 saturated carbocycles. The maximum atomic E-state index is 12.5. The van der Waals surface area contributed by atoms with Crippen LogP contribution in [0.4, 0.5) is 0 Å². The van der Waals surface area contributed by atoms with Gasteiger partial charge in [0, 0.05) is 11.8 Å². The molecule has 0 N–H and O–H groups in total. The van der Waals surface area contributed by atoms with Crippen molar-refractivity contribution in [1.82, 2.24) is 0 Å². The summed E-state index contributed by atoms with van der Waals surface area (Å²) in [7, 11) is 0. The lowest BCUT2D eigenvalue weighted by Crippen LogP contribution is -2.30. The van der Waals surface area contributed by atoms with E-state index in [1.807, 2.05) is 0 Å². The molecule has 0 saturated heterocycles. The van der Waals surface area contributed by atoms with E-state index in [0.717, 1.165) is 32.1 Å². The third-order valence-corrected chi connectivity index (χ3v) is 4.05. The zero-order chi connectivity index (χ0) is 13.1. The summed E-state index contributed by atoms with van der Waals surface area (Å²) in [5.41, 5.74) is 0.340. The number of hydrogen-bond acceptors (Lipinski definition) is 1. The zero-order valence-corrected chi connectivity index (χ0v) is 12.4. The van der Waals surface area contributed by atoms with Crippen molar-refractivity contribution >= 4 is 5.78 Å². The second-order valence-electron chi connectivity index (χ2n) is 7.57. The number of carbonyl (C=O) groups excluding carboxylic acids is 1. The van der Waals surface area contributed by atoms with Gasteiger partial charge in [-0.25, -0.2) is 0 Å². The van der Waals surface area contributed by atoms with Crippen molar-refractivity contribution in [3.05, 3.63) is 0 Å². The van der Waals surface area contributed by atoms with E-state index in [1.54, 1.807) is 0 Å². The van der Waals surface area contributed by atoms with Gasteiger partial charge in [0.1, 0.15) is 5.78 Å². The molecule has 0 heterocycles. The van der Waals surface area contributed by atoms with Gasteiger partial charge >= 0.3 is 0 Å². The molecule has 1 rings (SSSR count). The van der Waals surface area contributed by atoms with E-state index in [4.69, 9.17) is 0 Å². The van der Waals surface area contributed by atoms with Gasteiger partial charge in [0.2, 0.25) is 0 Å². The average molecular weight is 238 g/mol. The Balaban J connectivity index is 2.61. The molecule has 0 unspecified atom stereocenters. The van der Waals surface area contributed by atoms with Gasteiger partial charge in [0.05, 0.1) is 0 Å². The Morgan fingerprint density at radius 2 is 1.71 bits per heavy atom. The van der Waals surface area contributed by atoms with Crippen LogP contribution in [0, 0.1) is 16.7 Å². The van der Waals surface area contributed by atoms with Crippen molar-refractivity contribution in [3.63, 3.8) is 0 Å². The maximum Gasteiger partial charge on any atom is 0.139 e. The van der Waals surface area contributed by atoms with Crippen LogP contribution in [0.5, 0.6) is 0 Å². The summed E-state index contributed by atoms with van der Waals surface area (Å²) >= 11 is 0. The summed E-state index contributed by atoms with van der Waals surface area (Å²) in [6.45, 7) is 11.2. The number of carbonyl (C=O) groups is 1. The van der Waals surface area contributed by atoms with Crippen LogP contribution in [0.1, 0.15) is 79.6 Å². The summed E-state index contributed by atoms with van der Waals surface area (Å²) in [6.07, 6.45) is 7.74. The molecule has 0 amide bonds. The van der Waals surface area contributed by atoms with Crippen molar-refractivity contribution in [3.8, 4) is 0 Å². The first-order chi connectivity index (χ1) is 7.75. The molecule has 1 fully saturated rings. The lowest BCUT2D eigenvalue weighted by atomic mass is 9.72. The molecular formula is C16H30O. The highest BCUT2D eigenvalue weighted by Crippen LogP contribution is 2.45. The van der Waals surface area contributed by atoms with E-state index in [0.29, 0.717) is 11.7 Å². The number of rotatable bonds is 5. The van der Waals surface area contributed by atoms with Gasteiger partial charge in [-0.3, -0.25) is 4.79 Å². The first-order valence-electron chi connectivity index (χ1n) is 7.28. The quantitative estimate of drug-likeness (QED) is 0.659. The third-order valence-electron chi connectivity index (χ3n) is 4.05. The second kappa shape index (κ2) is 5.54. The largest absolute Gasteiger partial charge is 0.299 e. The van der Waals surface area contributed by atoms with E-state index in [2.05, 4.69) is 34.6 Å². The molecule has 0 spiro atoms. The number of ketones is 1. The molecule has 0 radical (unpaired) electrons. The smallest absolute Gasteiger partial charge is 0.139 e. The number of hydrogen-bond donors (Lipinski definition) is 0. The lowest BCUT2D eigenvalue weighted by molar-refractivity contribution is -0.130. The van der Waals surface area contributed by atoms with Gasteiger partial charge in [0.25, 0.3) is 0 Å². The molecule has 0 aliphatic heterocycles. The van der Waals surface area contributed by atoms with Gasteiger partial charge < -0.3 is 0 Å². The fourth-order valence-electron chi connectivity index (χ4n) is 3.18. The summed E-state index contributed by atoms with van der Waals surface area (Å²) in [4.78, 5) is 12.5. The zero-order valence-electron chi connectivity index (χ0n) is 12.4. The van der Waals surface area contributed by atoms with Gasteiger partial charge in [-0.1, -0.05) is 47.5 Å². The van der Waals surface area contributed by atoms with Crippen molar-refractivity contribution < 1.29 is 4.79 Å². The van der Waals surface area contributed by atoms with Crippen LogP contribution in [-0.2, 0) is 4.79 Å². The molecule has 1 nitrogen and oxygen atoms in total. The SMILES string of the molecule is CC(C)CC1(C(=O)CCC(C)(C)C)CCCC1. The fourth-order valence-corrected chi connectivity index (χ4v) is 3.18. The molecular weight excluding hydrogens is 208 g/mol. The van der Waals surface area contributed by atoms with E-state index >= 15 is 0 Å². The van der Waals surface area contributed by atoms with Crippen molar-refractivity contribution in [2.45, 2.75) is 79.6 Å². The van der Waals surface area contributed by atoms with Crippen LogP contribution in [-0.4, -0.2) is 5.78 Å². The van der Waals surface area contributed by atoms with Crippen molar-refractivity contribution in [1.29, 1.82) is 0 Å². The third kappa shape index (κ3) is 4.44. The highest BCUT2D eigenvalue weighted by Gasteiger charge is 2.40. The first-order valence-corrected chi connectivity index (χ1v) is 7.28. The van der Waals surface area contributed by atoms with Crippen molar-refractivity contribution in [2.75, 3.05) is 0 Å². The minimum atomic E-state index is 0.0550. The van der Waals surface area contributed by atoms with Crippen LogP contribution < -0.4 is 0 Å². The highest BCUT2D eigenvalue weighted by molar-refractivity contribution is 5.85. The molecule has 100 valence electrons. The molecule has 0 aromatic rings. The van der Waals surface area contributed by atoms with Gasteiger partial charge in [-0.05, 0) is 37.0 Å². The Bertz CT molecular complexity index is 251. The summed E-state index contributed by atoms with van der Waals surface area (Å²) in [6, 6.07) is 0. The molecule has 1 aliphatic carbocycles. The molecule has 0 aromatic heterocycles. The topological polar surface area (TPSA) is 17.1 Å². The van der Waals surface area contributed by atoms with Gasteiger partial charge in [0.15, 0.2) is 0 Å². The Kier molecular flexibility index (Phi) is 4.80. The Morgan fingerprint density at radius 3 is 2.12 bits per heavy atom. The maximum absolute atomic E-state index is 12.5. The second-order valence-corrected chi connectivity index (χ2v) is 7.57. The molecule has 0 bridgehead atoms. The summed E-state index contributed by atoms with van der Waals surface area (Å²) in [5.74, 6) is 1.20. The predicted molar refractivity (Wildman–Crippen MR) is 74.1 cm³/mol. The van der Waals surface area contributed by atoms with Gasteiger partial charge in [-0.2, -0.15) is 0 Å². The monoisotopic (exact) mass is 238 g/mol. The highest BCUT2D eigenvalue weighted by atomic mass is 16.1. The standard InChI is InChI=1S/C16H30O/c1-13(2)12-16(9-6-7-10-16)14(17)8-11-15(3,4)5/h13H,6-12H2,1-5H3. The molecule has 0 aromatic carbocycles. The average Bonchev–Trinajstić information content (AvgIpc) is 2.61. The normalized spacial score (nSPS) is 19.9. The molecule has 0 atom stereocenters. The molecule has 1 aliphatic rings. The van der Waals surface area contributed by atoms with Crippen LogP contribution in [0.15, 0.2) is 0 Å². The summed E-state index contributed by atoms with van der Waals surface area (Å²) < 4.78 is 0. The van der Waals surface area contributed by atoms with Crippen LogP contribution >= 0.6 is 0 Å². The van der Waals surface area contributed by atoms with Gasteiger partial charge in [-0.15, -0.1) is 0 Å². The van der Waals surface area contributed by atoms with Crippen LogP contribution in [0.25, 0.3) is 0 Å². The van der Waals surface area contributed by atoms with E-state index in [9.17, 15) is 4.79 Å². The minimum absolute atomic E-state index is 0.0550. The van der Waals surface area contributed by atoms with E-state index in [1.165, 1.54) is 12.8 Å². The fraction of sp³-hybridized carbons (Fsp3) is 0.938. The lowest BCUT2D eigenvalue weighted by Gasteiger charge is -2.30. The summed E-state index contributed by atoms with van der Waals surface area (Å²) in [5, 5.41) is 0. The Labute approximate surface area is 107 Å². The molecule has 17 heavy (non-hydrogen) atoms. The molecule has 1 heteroatoms. The number of Topliss-reactive ketones (excluding diaryl/α,β-unsaturated/α-hetero) is 1. The minimum Gasteiger partial charge on any atom is -0.299 e. The van der Waals surface area contributed by atoms with Crippen molar-refractivity contribution in [2.24, 2.45) is 16.7 Å².